The molecule has 0 aliphatic carbocycles. The molecule has 1 aliphatic heterocycles. The predicted molar refractivity (Wildman–Crippen MR) is 169 cm³/mol. The first-order valence-electron chi connectivity index (χ1n) is 14.7. The highest BCUT2D eigenvalue weighted by Crippen LogP contribution is 2.43. The largest absolute Gasteiger partial charge is 0.492 e. The average molecular weight is 586 g/mol. The molecule has 43 heavy (non-hydrogen) atoms. The highest BCUT2D eigenvalue weighted by Gasteiger charge is 2.36. The van der Waals surface area contributed by atoms with Gasteiger partial charge in [0.1, 0.15) is 12.4 Å². The van der Waals surface area contributed by atoms with Crippen LogP contribution in [0.4, 0.5) is 11.4 Å². The second-order valence-electron chi connectivity index (χ2n) is 12.9. The van der Waals surface area contributed by atoms with Crippen molar-refractivity contribution in [2.75, 3.05) is 43.1 Å². The number of benzene rings is 1. The third kappa shape index (κ3) is 8.02. The fraction of sp³-hybridized carbons (Fsp3) is 0.471. The van der Waals surface area contributed by atoms with E-state index in [1.54, 1.807) is 30.5 Å². The van der Waals surface area contributed by atoms with Crippen LogP contribution in [0.2, 0.25) is 0 Å². The number of likely N-dealkylation sites (N-methyl/N-ethyl adjacent to an activating group) is 1. The van der Waals surface area contributed by atoms with Crippen LogP contribution in [0.3, 0.4) is 0 Å². The van der Waals surface area contributed by atoms with Crippen LogP contribution in [-0.2, 0) is 9.53 Å². The summed E-state index contributed by atoms with van der Waals surface area (Å²) >= 11 is 0. The minimum Gasteiger partial charge on any atom is -0.492 e. The van der Waals surface area contributed by atoms with Gasteiger partial charge in [0.15, 0.2) is 6.10 Å². The van der Waals surface area contributed by atoms with Gasteiger partial charge in [0, 0.05) is 43.2 Å². The van der Waals surface area contributed by atoms with Crippen LogP contribution in [0.5, 0.6) is 5.75 Å². The van der Waals surface area contributed by atoms with Gasteiger partial charge in [0.2, 0.25) is 0 Å². The number of anilines is 2. The van der Waals surface area contributed by atoms with Crippen LogP contribution in [0, 0.1) is 23.7 Å². The van der Waals surface area contributed by atoms with E-state index in [-0.39, 0.29) is 5.41 Å². The van der Waals surface area contributed by atoms with E-state index in [9.17, 15) is 9.90 Å². The first-order valence-corrected chi connectivity index (χ1v) is 14.7. The zero-order valence-electron chi connectivity index (χ0n) is 26.3. The number of carbonyl (C=O) groups is 1. The van der Waals surface area contributed by atoms with E-state index < -0.39 is 17.7 Å². The van der Waals surface area contributed by atoms with Crippen LogP contribution in [-0.4, -0.2) is 59.9 Å². The first-order chi connectivity index (χ1) is 20.3. The number of aromatic nitrogens is 2. The third-order valence-electron chi connectivity index (χ3n) is 7.82. The normalized spacial score (nSPS) is 15.4. The number of nitriles is 1. The average Bonchev–Trinajstić information content (AvgIpc) is 2.96. The number of hydrogen-bond acceptors (Lipinski definition) is 8. The SMILES string of the molecule is Cc1ncc(-c2ccc(N(C)CCOc3ccc(C#N)cc3)cn2)c(N2CCC(C)(C)CC2)c1[C@H](OC(C)(C)C)C(=O)O. The molecule has 3 heterocycles. The van der Waals surface area contributed by atoms with Crippen LogP contribution in [0.1, 0.15) is 70.4 Å². The second-order valence-corrected chi connectivity index (χ2v) is 12.9. The summed E-state index contributed by atoms with van der Waals surface area (Å²) in [6.07, 6.45) is 4.44. The Labute approximate surface area is 255 Å². The fourth-order valence-electron chi connectivity index (χ4n) is 5.20. The van der Waals surface area contributed by atoms with Crippen molar-refractivity contribution in [3.05, 3.63) is 65.6 Å². The Hall–Kier alpha value is -4.16. The summed E-state index contributed by atoms with van der Waals surface area (Å²) in [5, 5.41) is 19.3. The van der Waals surface area contributed by atoms with Crippen molar-refractivity contribution in [1.82, 2.24) is 9.97 Å². The summed E-state index contributed by atoms with van der Waals surface area (Å²) in [5.41, 5.74) is 4.65. The molecule has 1 atom stereocenters. The third-order valence-corrected chi connectivity index (χ3v) is 7.82. The zero-order valence-corrected chi connectivity index (χ0v) is 26.3. The van der Waals surface area contributed by atoms with Crippen molar-refractivity contribution in [2.24, 2.45) is 5.41 Å². The number of aliphatic carboxylic acids is 1. The van der Waals surface area contributed by atoms with Gasteiger partial charge in [-0.05, 0) is 82.3 Å². The molecule has 1 aliphatic rings. The molecule has 0 bridgehead atoms. The minimum atomic E-state index is -1.17. The van der Waals surface area contributed by atoms with Gasteiger partial charge in [-0.3, -0.25) is 9.97 Å². The molecule has 0 radical (unpaired) electrons. The molecule has 3 aromatic rings. The molecule has 2 aromatic heterocycles. The van der Waals surface area contributed by atoms with Crippen LogP contribution in [0.25, 0.3) is 11.3 Å². The molecule has 1 fully saturated rings. The van der Waals surface area contributed by atoms with E-state index in [1.165, 1.54) is 0 Å². The van der Waals surface area contributed by atoms with E-state index >= 15 is 0 Å². The Balaban J connectivity index is 1.63. The van der Waals surface area contributed by atoms with Crippen molar-refractivity contribution in [2.45, 2.75) is 66.1 Å². The molecule has 9 nitrogen and oxygen atoms in total. The molecule has 0 saturated carbocycles. The van der Waals surface area contributed by atoms with Crippen LogP contribution < -0.4 is 14.5 Å². The molecule has 1 saturated heterocycles. The van der Waals surface area contributed by atoms with Gasteiger partial charge >= 0.3 is 5.97 Å². The maximum atomic E-state index is 12.6. The number of piperidine rings is 1. The number of aryl methyl sites for hydroxylation is 1. The zero-order chi connectivity index (χ0) is 31.4. The summed E-state index contributed by atoms with van der Waals surface area (Å²) in [4.78, 5) is 26.4. The summed E-state index contributed by atoms with van der Waals surface area (Å²) in [7, 11) is 1.98. The molecule has 0 unspecified atom stereocenters. The molecule has 0 spiro atoms. The van der Waals surface area contributed by atoms with Crippen molar-refractivity contribution in [1.29, 1.82) is 5.26 Å². The lowest BCUT2D eigenvalue weighted by molar-refractivity contribution is -0.160. The summed E-state index contributed by atoms with van der Waals surface area (Å²) in [6, 6.07) is 13.1. The van der Waals surface area contributed by atoms with Crippen molar-refractivity contribution >= 4 is 17.3 Å². The Kier molecular flexibility index (Phi) is 9.61. The molecule has 1 aromatic carbocycles. The molecule has 4 rings (SSSR count). The highest BCUT2D eigenvalue weighted by atomic mass is 16.5. The number of hydrogen-bond donors (Lipinski definition) is 1. The molecule has 9 heteroatoms. The lowest BCUT2D eigenvalue weighted by atomic mass is 9.82. The maximum absolute atomic E-state index is 12.6. The van der Waals surface area contributed by atoms with Crippen molar-refractivity contribution in [3.63, 3.8) is 0 Å². The van der Waals surface area contributed by atoms with E-state index in [0.29, 0.717) is 35.7 Å². The standard InChI is InChI=1S/C34H43N5O4/c1-23-29(31(32(40)41)43-33(2,3)4)30(39-16-14-34(5,6)15-17-39)27(22-36-23)28-13-10-25(21-37-28)38(7)18-19-42-26-11-8-24(20-35)9-12-26/h8-13,21-22,31H,14-19H2,1-7H3,(H,40,41)/t31-/m0/s1. The number of rotatable bonds is 10. The molecule has 1 N–H and O–H groups in total. The molecular weight excluding hydrogens is 542 g/mol. The van der Waals surface area contributed by atoms with Crippen molar-refractivity contribution < 1.29 is 19.4 Å². The fourth-order valence-corrected chi connectivity index (χ4v) is 5.20. The highest BCUT2D eigenvalue weighted by molar-refractivity contribution is 5.85. The summed E-state index contributed by atoms with van der Waals surface area (Å²) in [6.45, 7) is 14.7. The van der Waals surface area contributed by atoms with E-state index in [1.807, 2.05) is 53.1 Å². The minimum absolute atomic E-state index is 0.224. The quantitative estimate of drug-likeness (QED) is 0.289. The lowest BCUT2D eigenvalue weighted by Gasteiger charge is -2.40. The van der Waals surface area contributed by atoms with E-state index in [4.69, 9.17) is 19.7 Å². The number of ether oxygens (including phenoxy) is 2. The van der Waals surface area contributed by atoms with Gasteiger partial charge < -0.3 is 24.4 Å². The summed E-state index contributed by atoms with van der Waals surface area (Å²) < 4.78 is 12.0. The number of carboxylic acid groups (broad SMARTS) is 1. The number of carboxylic acids is 1. The van der Waals surface area contributed by atoms with Gasteiger partial charge in [-0.2, -0.15) is 5.26 Å². The number of nitrogens with zero attached hydrogens (tertiary/aromatic N) is 5. The number of pyridine rings is 2. The summed E-state index contributed by atoms with van der Waals surface area (Å²) in [5.74, 6) is -0.323. The topological polar surface area (TPSA) is 112 Å². The smallest absolute Gasteiger partial charge is 0.337 e. The molecule has 228 valence electrons. The Morgan fingerprint density at radius 1 is 1.12 bits per heavy atom. The maximum Gasteiger partial charge on any atom is 0.337 e. The predicted octanol–water partition coefficient (Wildman–Crippen LogP) is 6.41. The lowest BCUT2D eigenvalue weighted by Crippen LogP contribution is -2.39. The van der Waals surface area contributed by atoms with Gasteiger partial charge in [-0.25, -0.2) is 4.79 Å². The molecule has 0 amide bonds. The van der Waals surface area contributed by atoms with Gasteiger partial charge in [0.05, 0.1) is 47.0 Å². The Morgan fingerprint density at radius 3 is 2.35 bits per heavy atom. The van der Waals surface area contributed by atoms with Crippen LogP contribution in [0.15, 0.2) is 48.8 Å². The van der Waals surface area contributed by atoms with Crippen LogP contribution >= 0.6 is 0 Å². The van der Waals surface area contributed by atoms with Gasteiger partial charge in [0.25, 0.3) is 0 Å². The van der Waals surface area contributed by atoms with Gasteiger partial charge in [-0.15, -0.1) is 0 Å². The van der Waals surface area contributed by atoms with Crippen molar-refractivity contribution in [3.8, 4) is 23.1 Å². The van der Waals surface area contributed by atoms with Gasteiger partial charge in [-0.1, -0.05) is 13.8 Å². The Morgan fingerprint density at radius 2 is 1.79 bits per heavy atom. The monoisotopic (exact) mass is 585 g/mol. The first kappa shape index (κ1) is 31.8. The second kappa shape index (κ2) is 13.0. The van der Waals surface area contributed by atoms with E-state index in [2.05, 4.69) is 34.7 Å². The van der Waals surface area contributed by atoms with E-state index in [0.717, 1.165) is 48.6 Å². The molecular formula is C34H43N5O4. The Bertz CT molecular complexity index is 1450.